The molecule has 0 bridgehead atoms. The molecule has 0 aliphatic rings. The molecule has 0 fully saturated rings. The number of nitrogens with one attached hydrogen (secondary N) is 1. The Morgan fingerprint density at radius 2 is 2.00 bits per heavy atom. The molecule has 2 rings (SSSR count). The van der Waals surface area contributed by atoms with Crippen LogP contribution < -0.4 is 0 Å². The van der Waals surface area contributed by atoms with Gasteiger partial charge >= 0.3 is 0 Å². The Bertz CT molecular complexity index is 552. The third kappa shape index (κ3) is 3.16. The molecule has 0 radical (unpaired) electrons. The van der Waals surface area contributed by atoms with Crippen LogP contribution >= 0.6 is 0 Å². The number of carbonyl (C=O) groups is 1. The van der Waals surface area contributed by atoms with Crippen LogP contribution in [0.15, 0.2) is 24.3 Å². The Morgan fingerprint density at radius 1 is 1.25 bits per heavy atom. The fraction of sp³-hybridized carbons (Fsp3) is 0.333. The Kier molecular flexibility index (Phi) is 4.75. The number of H-pyrrole nitrogens is 1. The van der Waals surface area contributed by atoms with Crippen LogP contribution in [-0.4, -0.2) is 67.9 Å². The van der Waals surface area contributed by atoms with Gasteiger partial charge in [-0.3, -0.25) is 4.79 Å². The summed E-state index contributed by atoms with van der Waals surface area (Å²) in [4.78, 5) is 13.7. The molecule has 1 aromatic heterocycles. The van der Waals surface area contributed by atoms with E-state index in [1.165, 1.54) is 4.90 Å². The van der Waals surface area contributed by atoms with Crippen molar-refractivity contribution in [3.63, 3.8) is 0 Å². The normalized spacial score (nSPS) is 10.5. The maximum Gasteiger partial charge on any atom is 0.254 e. The van der Waals surface area contributed by atoms with E-state index in [0.717, 1.165) is 0 Å². The fourth-order valence-corrected chi connectivity index (χ4v) is 1.81. The van der Waals surface area contributed by atoms with Crippen molar-refractivity contribution in [1.82, 2.24) is 25.5 Å². The summed E-state index contributed by atoms with van der Waals surface area (Å²) in [5, 5.41) is 31.4. The Morgan fingerprint density at radius 3 is 2.60 bits per heavy atom. The quantitative estimate of drug-likeness (QED) is 0.642. The molecule has 0 saturated carbocycles. The molecule has 106 valence electrons. The average molecular weight is 277 g/mol. The van der Waals surface area contributed by atoms with Crippen molar-refractivity contribution in [3.05, 3.63) is 29.8 Å². The van der Waals surface area contributed by atoms with Crippen LogP contribution in [0.25, 0.3) is 11.4 Å². The summed E-state index contributed by atoms with van der Waals surface area (Å²) in [6.07, 6.45) is 0. The summed E-state index contributed by atoms with van der Waals surface area (Å²) in [7, 11) is 0. The predicted molar refractivity (Wildman–Crippen MR) is 69.7 cm³/mol. The summed E-state index contributed by atoms with van der Waals surface area (Å²) in [5.41, 5.74) is 1.10. The zero-order chi connectivity index (χ0) is 14.4. The van der Waals surface area contributed by atoms with E-state index in [0.29, 0.717) is 17.0 Å². The second-order valence-corrected chi connectivity index (χ2v) is 4.06. The van der Waals surface area contributed by atoms with Crippen molar-refractivity contribution in [2.75, 3.05) is 26.3 Å². The SMILES string of the molecule is O=C(c1cccc(-c2nn[nH]n2)c1)N(CCO)CCO. The van der Waals surface area contributed by atoms with Crippen molar-refractivity contribution in [3.8, 4) is 11.4 Å². The first-order valence-electron chi connectivity index (χ1n) is 6.11. The van der Waals surface area contributed by atoms with Crippen molar-refractivity contribution in [2.24, 2.45) is 0 Å². The number of tetrazole rings is 1. The molecule has 1 amide bonds. The van der Waals surface area contributed by atoms with Gasteiger partial charge < -0.3 is 15.1 Å². The number of aromatic amines is 1. The molecule has 8 heteroatoms. The van der Waals surface area contributed by atoms with Crippen LogP contribution in [0.1, 0.15) is 10.4 Å². The topological polar surface area (TPSA) is 115 Å². The summed E-state index contributed by atoms with van der Waals surface area (Å²) in [5.74, 6) is 0.133. The molecular weight excluding hydrogens is 262 g/mol. The summed E-state index contributed by atoms with van der Waals surface area (Å²) in [6, 6.07) is 6.79. The number of aliphatic hydroxyl groups is 2. The van der Waals surface area contributed by atoms with E-state index < -0.39 is 0 Å². The summed E-state index contributed by atoms with van der Waals surface area (Å²) in [6.45, 7) is 0.0320. The number of rotatable bonds is 6. The molecule has 0 unspecified atom stereocenters. The average Bonchev–Trinajstić information content (AvgIpc) is 3.01. The van der Waals surface area contributed by atoms with Crippen LogP contribution in [0.3, 0.4) is 0 Å². The molecule has 1 heterocycles. The number of aliphatic hydroxyl groups excluding tert-OH is 2. The Labute approximate surface area is 115 Å². The minimum absolute atomic E-state index is 0.156. The second kappa shape index (κ2) is 6.73. The van der Waals surface area contributed by atoms with Gasteiger partial charge in [-0.2, -0.15) is 5.21 Å². The third-order valence-corrected chi connectivity index (χ3v) is 2.74. The molecule has 0 aliphatic heterocycles. The van der Waals surface area contributed by atoms with Gasteiger partial charge in [0.2, 0.25) is 5.82 Å². The largest absolute Gasteiger partial charge is 0.395 e. The molecule has 8 nitrogen and oxygen atoms in total. The lowest BCUT2D eigenvalue weighted by Crippen LogP contribution is -2.35. The van der Waals surface area contributed by atoms with E-state index in [4.69, 9.17) is 10.2 Å². The zero-order valence-electron chi connectivity index (χ0n) is 10.7. The summed E-state index contributed by atoms with van der Waals surface area (Å²) >= 11 is 0. The molecule has 0 atom stereocenters. The Balaban J connectivity index is 2.23. The maximum atomic E-state index is 12.3. The van der Waals surface area contributed by atoms with E-state index >= 15 is 0 Å². The van der Waals surface area contributed by atoms with E-state index in [1.54, 1.807) is 24.3 Å². The molecule has 3 N–H and O–H groups in total. The summed E-state index contributed by atoms with van der Waals surface area (Å²) < 4.78 is 0. The molecule has 0 spiro atoms. The van der Waals surface area contributed by atoms with Gasteiger partial charge in [-0.1, -0.05) is 12.1 Å². The molecular formula is C12H15N5O3. The highest BCUT2D eigenvalue weighted by Gasteiger charge is 2.16. The van der Waals surface area contributed by atoms with Crippen molar-refractivity contribution >= 4 is 5.91 Å². The number of amides is 1. The van der Waals surface area contributed by atoms with Gasteiger partial charge in [-0.25, -0.2) is 0 Å². The van der Waals surface area contributed by atoms with E-state index in [1.807, 2.05) is 0 Å². The molecule has 0 aliphatic carbocycles. The van der Waals surface area contributed by atoms with Crippen LogP contribution in [0.2, 0.25) is 0 Å². The minimum Gasteiger partial charge on any atom is -0.395 e. The predicted octanol–water partition coefficient (Wildman–Crippen LogP) is -0.707. The number of hydrogen-bond acceptors (Lipinski definition) is 6. The van der Waals surface area contributed by atoms with Crippen molar-refractivity contribution in [2.45, 2.75) is 0 Å². The van der Waals surface area contributed by atoms with Crippen molar-refractivity contribution < 1.29 is 15.0 Å². The molecule has 1 aromatic carbocycles. The highest BCUT2D eigenvalue weighted by atomic mass is 16.3. The van der Waals surface area contributed by atoms with E-state index in [9.17, 15) is 4.79 Å². The van der Waals surface area contributed by atoms with Gasteiger partial charge in [0.05, 0.1) is 13.2 Å². The molecule has 2 aromatic rings. The highest BCUT2D eigenvalue weighted by molar-refractivity contribution is 5.95. The van der Waals surface area contributed by atoms with Gasteiger partial charge in [0.15, 0.2) is 0 Å². The van der Waals surface area contributed by atoms with E-state index in [2.05, 4.69) is 20.6 Å². The maximum absolute atomic E-state index is 12.3. The number of carbonyl (C=O) groups excluding carboxylic acids is 1. The Hall–Kier alpha value is -2.32. The van der Waals surface area contributed by atoms with Gasteiger partial charge in [0.1, 0.15) is 0 Å². The lowest BCUT2D eigenvalue weighted by atomic mass is 10.1. The van der Waals surface area contributed by atoms with Gasteiger partial charge in [0.25, 0.3) is 5.91 Å². The van der Waals surface area contributed by atoms with Gasteiger partial charge in [-0.05, 0) is 17.3 Å². The molecule has 20 heavy (non-hydrogen) atoms. The van der Waals surface area contributed by atoms with Crippen LogP contribution in [0.5, 0.6) is 0 Å². The van der Waals surface area contributed by atoms with Crippen molar-refractivity contribution in [1.29, 1.82) is 0 Å². The van der Waals surface area contributed by atoms with Gasteiger partial charge in [0, 0.05) is 24.2 Å². The zero-order valence-corrected chi connectivity index (χ0v) is 10.7. The number of nitrogens with zero attached hydrogens (tertiary/aromatic N) is 4. The third-order valence-electron chi connectivity index (χ3n) is 2.74. The monoisotopic (exact) mass is 277 g/mol. The number of benzene rings is 1. The minimum atomic E-state index is -0.265. The van der Waals surface area contributed by atoms with Crippen LogP contribution in [0, 0.1) is 0 Å². The first kappa shape index (κ1) is 14.1. The second-order valence-electron chi connectivity index (χ2n) is 4.06. The standard InChI is InChI=1S/C12H15N5O3/c18-6-4-17(5-7-19)12(20)10-3-1-2-9(8-10)11-13-15-16-14-11/h1-3,8,18-19H,4-7H2,(H,13,14,15,16). The lowest BCUT2D eigenvalue weighted by molar-refractivity contribution is 0.0685. The highest BCUT2D eigenvalue weighted by Crippen LogP contribution is 2.16. The first-order chi connectivity index (χ1) is 9.76. The van der Waals surface area contributed by atoms with E-state index in [-0.39, 0.29) is 32.2 Å². The van der Waals surface area contributed by atoms with Crippen LogP contribution in [-0.2, 0) is 0 Å². The number of aromatic nitrogens is 4. The lowest BCUT2D eigenvalue weighted by Gasteiger charge is -2.20. The van der Waals surface area contributed by atoms with Crippen LogP contribution in [0.4, 0.5) is 0 Å². The first-order valence-corrected chi connectivity index (χ1v) is 6.11. The van der Waals surface area contributed by atoms with Gasteiger partial charge in [-0.15, -0.1) is 10.2 Å². The molecule has 0 saturated heterocycles. The smallest absolute Gasteiger partial charge is 0.254 e. The fourth-order valence-electron chi connectivity index (χ4n) is 1.81. The number of hydrogen-bond donors (Lipinski definition) is 3.